The average molecular weight is 367 g/mol. The number of aryl methyl sites for hydroxylation is 1. The van der Waals surface area contributed by atoms with Gasteiger partial charge < -0.3 is 15.0 Å². The number of hydrogen-bond acceptors (Lipinski definition) is 5. The molecule has 2 fully saturated rings. The molecule has 0 saturated heterocycles. The van der Waals surface area contributed by atoms with Gasteiger partial charge in [-0.25, -0.2) is 0 Å². The Kier molecular flexibility index (Phi) is 5.58. The lowest BCUT2D eigenvalue weighted by molar-refractivity contribution is -0.140. The molecule has 0 aliphatic heterocycles. The minimum absolute atomic E-state index is 0.0293. The maximum atomic E-state index is 12.1. The monoisotopic (exact) mass is 367 g/mol. The normalized spacial score (nSPS) is 22.6. The molecule has 0 unspecified atom stereocenters. The minimum atomic E-state index is -0.787. The predicted molar refractivity (Wildman–Crippen MR) is 94.8 cm³/mol. The Morgan fingerprint density at radius 1 is 1.40 bits per heavy atom. The number of nitrogens with one attached hydrogen (secondary N) is 1. The standard InChI is InChI=1S/C17H25N3O4S/c1-11-10-25-17(24)20(11)5-4-15(21)18-13-6-14(7-13)19(9-16(22)23)8-12-2-3-12/h10,12-14H,2-9H2,1H3,(H,18,21)(H,22,23). The zero-order chi connectivity index (χ0) is 18.0. The van der Waals surface area contributed by atoms with Crippen LogP contribution in [0.3, 0.4) is 0 Å². The van der Waals surface area contributed by atoms with Gasteiger partial charge in [0.2, 0.25) is 5.91 Å². The molecular formula is C17H25N3O4S. The number of carboxylic acid groups (broad SMARTS) is 1. The van der Waals surface area contributed by atoms with E-state index in [2.05, 4.69) is 10.2 Å². The number of aromatic nitrogens is 1. The van der Waals surface area contributed by atoms with Crippen LogP contribution in [0.5, 0.6) is 0 Å². The quantitative estimate of drug-likeness (QED) is 0.681. The van der Waals surface area contributed by atoms with Gasteiger partial charge in [0.05, 0.1) is 6.54 Å². The Morgan fingerprint density at radius 2 is 2.12 bits per heavy atom. The summed E-state index contributed by atoms with van der Waals surface area (Å²) in [6, 6.07) is 0.372. The van der Waals surface area contributed by atoms with Gasteiger partial charge in [-0.1, -0.05) is 11.3 Å². The van der Waals surface area contributed by atoms with E-state index in [1.807, 2.05) is 6.92 Å². The maximum Gasteiger partial charge on any atom is 0.317 e. The molecule has 1 heterocycles. The van der Waals surface area contributed by atoms with Crippen molar-refractivity contribution in [1.82, 2.24) is 14.8 Å². The first-order chi connectivity index (χ1) is 11.9. The molecule has 1 aromatic rings. The fourth-order valence-corrected chi connectivity index (χ4v) is 4.10. The third kappa shape index (κ3) is 4.92. The highest BCUT2D eigenvalue weighted by Gasteiger charge is 2.37. The second kappa shape index (κ2) is 7.70. The summed E-state index contributed by atoms with van der Waals surface area (Å²) < 4.78 is 1.62. The number of carboxylic acids is 1. The van der Waals surface area contributed by atoms with E-state index in [0.29, 0.717) is 18.9 Å². The van der Waals surface area contributed by atoms with Crippen molar-refractivity contribution >= 4 is 23.2 Å². The van der Waals surface area contributed by atoms with Gasteiger partial charge in [0.15, 0.2) is 0 Å². The van der Waals surface area contributed by atoms with E-state index in [1.165, 1.54) is 12.8 Å². The van der Waals surface area contributed by atoms with Gasteiger partial charge in [-0.05, 0) is 38.5 Å². The first-order valence-electron chi connectivity index (χ1n) is 8.82. The van der Waals surface area contributed by atoms with Crippen molar-refractivity contribution in [3.63, 3.8) is 0 Å². The predicted octanol–water partition coefficient (Wildman–Crippen LogP) is 1.05. The molecular weight excluding hydrogens is 342 g/mol. The lowest BCUT2D eigenvalue weighted by Crippen LogP contribution is -2.55. The number of carbonyl (C=O) groups excluding carboxylic acids is 1. The molecule has 0 bridgehead atoms. The Morgan fingerprint density at radius 3 is 2.68 bits per heavy atom. The third-order valence-electron chi connectivity index (χ3n) is 5.06. The lowest BCUT2D eigenvalue weighted by Gasteiger charge is -2.42. The van der Waals surface area contributed by atoms with E-state index in [1.54, 1.807) is 9.95 Å². The van der Waals surface area contributed by atoms with Crippen molar-refractivity contribution in [3.8, 4) is 0 Å². The Labute approximate surface area is 150 Å². The Balaban J connectivity index is 1.40. The van der Waals surface area contributed by atoms with E-state index in [0.717, 1.165) is 36.4 Å². The molecule has 2 saturated carbocycles. The molecule has 138 valence electrons. The summed E-state index contributed by atoms with van der Waals surface area (Å²) in [5.41, 5.74) is 0.885. The summed E-state index contributed by atoms with van der Waals surface area (Å²) in [7, 11) is 0. The fraction of sp³-hybridized carbons (Fsp3) is 0.706. The Bertz CT molecular complexity index is 688. The average Bonchev–Trinajstić information content (AvgIpc) is 3.25. The fourth-order valence-electron chi connectivity index (χ4n) is 3.34. The van der Waals surface area contributed by atoms with Gasteiger partial charge in [0.25, 0.3) is 0 Å². The van der Waals surface area contributed by atoms with Crippen molar-refractivity contribution in [2.24, 2.45) is 5.92 Å². The largest absolute Gasteiger partial charge is 0.480 e. The number of nitrogens with zero attached hydrogens (tertiary/aromatic N) is 2. The van der Waals surface area contributed by atoms with Crippen molar-refractivity contribution in [2.75, 3.05) is 13.1 Å². The van der Waals surface area contributed by atoms with Crippen molar-refractivity contribution in [1.29, 1.82) is 0 Å². The van der Waals surface area contributed by atoms with Crippen molar-refractivity contribution in [2.45, 2.75) is 57.7 Å². The highest BCUT2D eigenvalue weighted by Crippen LogP contribution is 2.33. The molecule has 0 radical (unpaired) electrons. The molecule has 2 aliphatic rings. The summed E-state index contributed by atoms with van der Waals surface area (Å²) in [6.45, 7) is 3.21. The summed E-state index contributed by atoms with van der Waals surface area (Å²) in [5.74, 6) is -0.183. The molecule has 8 heteroatoms. The Hall–Kier alpha value is -1.67. The molecule has 2 N–H and O–H groups in total. The van der Waals surface area contributed by atoms with E-state index in [-0.39, 0.29) is 29.4 Å². The summed E-state index contributed by atoms with van der Waals surface area (Å²) in [6.07, 6.45) is 4.31. The molecule has 1 aromatic heterocycles. The van der Waals surface area contributed by atoms with Gasteiger partial charge in [-0.15, -0.1) is 0 Å². The maximum absolute atomic E-state index is 12.1. The number of carbonyl (C=O) groups is 2. The smallest absolute Gasteiger partial charge is 0.317 e. The highest BCUT2D eigenvalue weighted by molar-refractivity contribution is 7.07. The van der Waals surface area contributed by atoms with Crippen LogP contribution in [0.15, 0.2) is 10.2 Å². The lowest BCUT2D eigenvalue weighted by atomic mass is 9.85. The van der Waals surface area contributed by atoms with E-state index in [9.17, 15) is 14.4 Å². The highest BCUT2D eigenvalue weighted by atomic mass is 32.1. The van der Waals surface area contributed by atoms with Crippen molar-refractivity contribution < 1.29 is 14.7 Å². The molecule has 0 aromatic carbocycles. The topological polar surface area (TPSA) is 91.6 Å². The van der Waals surface area contributed by atoms with Crippen LogP contribution in [0.25, 0.3) is 0 Å². The SMILES string of the molecule is Cc1csc(=O)n1CCC(=O)NC1CC(N(CC(=O)O)CC2CC2)C1. The van der Waals surface area contributed by atoms with Gasteiger partial charge in [-0.3, -0.25) is 19.3 Å². The number of rotatable bonds is 9. The van der Waals surface area contributed by atoms with Crippen molar-refractivity contribution in [3.05, 3.63) is 20.7 Å². The number of amides is 1. The molecule has 7 nitrogen and oxygen atoms in total. The molecule has 3 rings (SSSR count). The molecule has 0 atom stereocenters. The van der Waals surface area contributed by atoms with Crippen LogP contribution < -0.4 is 10.2 Å². The van der Waals surface area contributed by atoms with Gasteiger partial charge >= 0.3 is 10.8 Å². The van der Waals surface area contributed by atoms with E-state index >= 15 is 0 Å². The van der Waals surface area contributed by atoms with Crippen LogP contribution in [-0.2, 0) is 16.1 Å². The summed E-state index contributed by atoms with van der Waals surface area (Å²) >= 11 is 1.15. The molecule has 1 amide bonds. The molecule has 0 spiro atoms. The van der Waals surface area contributed by atoms with Crippen LogP contribution in [0, 0.1) is 12.8 Å². The van der Waals surface area contributed by atoms with Crippen LogP contribution in [0.1, 0.15) is 37.8 Å². The second-order valence-corrected chi connectivity index (χ2v) is 8.02. The van der Waals surface area contributed by atoms with Crippen LogP contribution >= 0.6 is 11.3 Å². The minimum Gasteiger partial charge on any atom is -0.480 e. The van der Waals surface area contributed by atoms with Gasteiger partial charge in [0.1, 0.15) is 0 Å². The zero-order valence-corrected chi connectivity index (χ0v) is 15.3. The number of thiazole rings is 1. The second-order valence-electron chi connectivity index (χ2n) is 7.20. The third-order valence-corrected chi connectivity index (χ3v) is 5.94. The van der Waals surface area contributed by atoms with E-state index < -0.39 is 5.97 Å². The van der Waals surface area contributed by atoms with Crippen LogP contribution in [0.4, 0.5) is 0 Å². The summed E-state index contributed by atoms with van der Waals surface area (Å²) in [5, 5.41) is 13.9. The molecule has 2 aliphatic carbocycles. The summed E-state index contributed by atoms with van der Waals surface area (Å²) in [4.78, 5) is 36.8. The number of aliphatic carboxylic acids is 1. The van der Waals surface area contributed by atoms with Gasteiger partial charge in [-0.2, -0.15) is 0 Å². The zero-order valence-electron chi connectivity index (χ0n) is 14.4. The number of hydrogen-bond donors (Lipinski definition) is 2. The van der Waals surface area contributed by atoms with Crippen LogP contribution in [0.2, 0.25) is 0 Å². The van der Waals surface area contributed by atoms with E-state index in [4.69, 9.17) is 5.11 Å². The first kappa shape index (κ1) is 18.1. The first-order valence-corrected chi connectivity index (χ1v) is 9.70. The van der Waals surface area contributed by atoms with Crippen LogP contribution in [-0.4, -0.2) is 51.6 Å². The van der Waals surface area contributed by atoms with Gasteiger partial charge in [0, 0.05) is 42.7 Å². The molecule has 25 heavy (non-hydrogen) atoms.